The first kappa shape index (κ1) is 22.5. The average Bonchev–Trinajstić information content (AvgIpc) is 3.20. The van der Waals surface area contributed by atoms with Gasteiger partial charge in [0.25, 0.3) is 11.6 Å². The van der Waals surface area contributed by atoms with E-state index in [-0.39, 0.29) is 17.6 Å². The largest absolute Gasteiger partial charge is 0.350 e. The van der Waals surface area contributed by atoms with E-state index in [1.165, 1.54) is 12.1 Å². The number of carbonyl (C=O) groups excluding carboxylic acids is 1. The Morgan fingerprint density at radius 3 is 2.39 bits per heavy atom. The Labute approximate surface area is 185 Å². The number of nitrogens with zero attached hydrogens (tertiary/aromatic N) is 4. The van der Waals surface area contributed by atoms with Gasteiger partial charge in [0.05, 0.1) is 4.92 Å². The first-order chi connectivity index (χ1) is 14.9. The van der Waals surface area contributed by atoms with E-state index in [4.69, 9.17) is 0 Å². The Bertz CT molecular complexity index is 1050. The summed E-state index contributed by atoms with van der Waals surface area (Å²) >= 11 is 1.56. The van der Waals surface area contributed by atoms with Gasteiger partial charge in [-0.2, -0.15) is 0 Å². The minimum atomic E-state index is -0.422. The molecule has 0 spiro atoms. The highest BCUT2D eigenvalue weighted by Gasteiger charge is 2.15. The average molecular weight is 440 g/mol. The van der Waals surface area contributed by atoms with E-state index in [1.807, 2.05) is 49.6 Å². The molecule has 0 fully saturated rings. The summed E-state index contributed by atoms with van der Waals surface area (Å²) in [6.45, 7) is 6.70. The van der Waals surface area contributed by atoms with Crippen LogP contribution in [0.3, 0.4) is 0 Å². The van der Waals surface area contributed by atoms with Gasteiger partial charge in [-0.3, -0.25) is 14.9 Å². The maximum Gasteiger partial charge on any atom is 0.269 e. The standard InChI is InChI=1S/C22H25N5O3S/c1-4-15(3)23-21(28)18-8-6-16(7-9-18)14-31-22-25-24-20(26(22)5-2)17-10-12-19(13-11-17)27(29)30/h6-13,15H,4-5,14H2,1-3H3,(H,23,28)/t15-/m1/s1. The Balaban J connectivity index is 1.68. The molecule has 9 heteroatoms. The summed E-state index contributed by atoms with van der Waals surface area (Å²) in [6.07, 6.45) is 0.889. The van der Waals surface area contributed by atoms with Crippen LogP contribution in [-0.2, 0) is 12.3 Å². The van der Waals surface area contributed by atoms with Crippen LogP contribution in [0.5, 0.6) is 0 Å². The zero-order valence-electron chi connectivity index (χ0n) is 17.7. The lowest BCUT2D eigenvalue weighted by Crippen LogP contribution is -2.31. The molecule has 3 aromatic rings. The molecule has 0 saturated heterocycles. The first-order valence-corrected chi connectivity index (χ1v) is 11.1. The fraction of sp³-hybridized carbons (Fsp3) is 0.318. The number of carbonyl (C=O) groups is 1. The summed E-state index contributed by atoms with van der Waals surface area (Å²) < 4.78 is 1.99. The molecule has 3 rings (SSSR count). The Kier molecular flexibility index (Phi) is 7.41. The highest BCUT2D eigenvalue weighted by atomic mass is 32.2. The third kappa shape index (κ3) is 5.49. The van der Waals surface area contributed by atoms with Crippen molar-refractivity contribution in [1.29, 1.82) is 0 Å². The third-order valence-electron chi connectivity index (χ3n) is 4.94. The van der Waals surface area contributed by atoms with Gasteiger partial charge in [-0.25, -0.2) is 0 Å². The highest BCUT2D eigenvalue weighted by molar-refractivity contribution is 7.98. The molecule has 1 amide bonds. The van der Waals surface area contributed by atoms with Gasteiger partial charge in [0.15, 0.2) is 11.0 Å². The second kappa shape index (κ2) is 10.2. The lowest BCUT2D eigenvalue weighted by atomic mass is 10.1. The van der Waals surface area contributed by atoms with Crippen molar-refractivity contribution in [3.8, 4) is 11.4 Å². The number of thioether (sulfide) groups is 1. The third-order valence-corrected chi connectivity index (χ3v) is 5.98. The van der Waals surface area contributed by atoms with Gasteiger partial charge in [0.1, 0.15) is 0 Å². The second-order valence-electron chi connectivity index (χ2n) is 7.12. The van der Waals surface area contributed by atoms with Crippen molar-refractivity contribution in [2.45, 2.75) is 50.7 Å². The maximum atomic E-state index is 12.2. The quantitative estimate of drug-likeness (QED) is 0.295. The SMILES string of the molecule is CC[C@@H](C)NC(=O)c1ccc(CSc2nnc(-c3ccc([N+](=O)[O-])cc3)n2CC)cc1. The van der Waals surface area contributed by atoms with Crippen LogP contribution in [-0.4, -0.2) is 31.6 Å². The van der Waals surface area contributed by atoms with Crippen LogP contribution in [0, 0.1) is 10.1 Å². The van der Waals surface area contributed by atoms with Gasteiger partial charge in [-0.15, -0.1) is 10.2 Å². The maximum absolute atomic E-state index is 12.2. The number of hydrogen-bond acceptors (Lipinski definition) is 6. The van der Waals surface area contributed by atoms with Gasteiger partial charge < -0.3 is 9.88 Å². The molecule has 0 bridgehead atoms. The van der Waals surface area contributed by atoms with E-state index < -0.39 is 4.92 Å². The zero-order chi connectivity index (χ0) is 22.4. The zero-order valence-corrected chi connectivity index (χ0v) is 18.6. The summed E-state index contributed by atoms with van der Waals surface area (Å²) in [5, 5.41) is 23.2. The molecule has 0 unspecified atom stereocenters. The number of aromatic nitrogens is 3. The molecule has 1 heterocycles. The summed E-state index contributed by atoms with van der Waals surface area (Å²) in [7, 11) is 0. The Morgan fingerprint density at radius 2 is 1.81 bits per heavy atom. The van der Waals surface area contributed by atoms with Crippen molar-refractivity contribution in [3.05, 3.63) is 69.8 Å². The number of nitrogens with one attached hydrogen (secondary N) is 1. The van der Waals surface area contributed by atoms with Crippen molar-refractivity contribution in [2.75, 3.05) is 0 Å². The van der Waals surface area contributed by atoms with Crippen LogP contribution in [0.4, 0.5) is 5.69 Å². The van der Waals surface area contributed by atoms with Crippen molar-refractivity contribution in [1.82, 2.24) is 20.1 Å². The minimum absolute atomic E-state index is 0.0437. The summed E-state index contributed by atoms with van der Waals surface area (Å²) in [5.41, 5.74) is 2.55. The summed E-state index contributed by atoms with van der Waals surface area (Å²) in [5.74, 6) is 1.30. The molecular formula is C22H25N5O3S. The fourth-order valence-electron chi connectivity index (χ4n) is 2.94. The molecular weight excluding hydrogens is 414 g/mol. The van der Waals surface area contributed by atoms with Crippen molar-refractivity contribution >= 4 is 23.4 Å². The van der Waals surface area contributed by atoms with Crippen LogP contribution in [0.25, 0.3) is 11.4 Å². The molecule has 0 radical (unpaired) electrons. The van der Waals surface area contributed by atoms with E-state index in [1.54, 1.807) is 23.9 Å². The Hall–Kier alpha value is -3.20. The molecule has 8 nitrogen and oxygen atoms in total. The molecule has 2 aromatic carbocycles. The van der Waals surface area contributed by atoms with Crippen LogP contribution in [0.1, 0.15) is 43.1 Å². The fourth-order valence-corrected chi connectivity index (χ4v) is 3.89. The molecule has 0 aliphatic carbocycles. The number of rotatable bonds is 9. The molecule has 1 N–H and O–H groups in total. The first-order valence-electron chi connectivity index (χ1n) is 10.1. The number of nitro benzene ring substituents is 1. The van der Waals surface area contributed by atoms with E-state index in [9.17, 15) is 14.9 Å². The summed E-state index contributed by atoms with van der Waals surface area (Å²) in [6, 6.07) is 14.0. The van der Waals surface area contributed by atoms with Crippen molar-refractivity contribution in [2.24, 2.45) is 0 Å². The number of hydrogen-bond donors (Lipinski definition) is 1. The monoisotopic (exact) mass is 439 g/mol. The van der Waals surface area contributed by atoms with Gasteiger partial charge >= 0.3 is 0 Å². The van der Waals surface area contributed by atoms with E-state index in [0.29, 0.717) is 23.7 Å². The van der Waals surface area contributed by atoms with Crippen molar-refractivity contribution < 1.29 is 9.72 Å². The van der Waals surface area contributed by atoms with Gasteiger partial charge in [0.2, 0.25) is 0 Å². The number of amides is 1. The van der Waals surface area contributed by atoms with Gasteiger partial charge in [0, 0.05) is 41.6 Å². The number of non-ortho nitro benzene ring substituents is 1. The van der Waals surface area contributed by atoms with Crippen LogP contribution < -0.4 is 5.32 Å². The highest BCUT2D eigenvalue weighted by Crippen LogP contribution is 2.27. The lowest BCUT2D eigenvalue weighted by molar-refractivity contribution is -0.384. The molecule has 0 aliphatic heterocycles. The van der Waals surface area contributed by atoms with Crippen LogP contribution in [0.2, 0.25) is 0 Å². The van der Waals surface area contributed by atoms with Crippen LogP contribution in [0.15, 0.2) is 53.7 Å². The molecule has 0 saturated carbocycles. The normalized spacial score (nSPS) is 11.8. The number of nitro groups is 1. The predicted octanol–water partition coefficient (Wildman–Crippen LogP) is 4.69. The van der Waals surface area contributed by atoms with Crippen LogP contribution >= 0.6 is 11.8 Å². The molecule has 1 atom stereocenters. The smallest absolute Gasteiger partial charge is 0.269 e. The predicted molar refractivity (Wildman–Crippen MR) is 121 cm³/mol. The van der Waals surface area contributed by atoms with Crippen molar-refractivity contribution in [3.63, 3.8) is 0 Å². The topological polar surface area (TPSA) is 103 Å². The van der Waals surface area contributed by atoms with Gasteiger partial charge in [-0.05, 0) is 50.1 Å². The lowest BCUT2D eigenvalue weighted by Gasteiger charge is -2.11. The molecule has 31 heavy (non-hydrogen) atoms. The molecule has 0 aliphatic rings. The van der Waals surface area contributed by atoms with E-state index >= 15 is 0 Å². The Morgan fingerprint density at radius 1 is 1.13 bits per heavy atom. The van der Waals surface area contributed by atoms with E-state index in [0.717, 1.165) is 22.7 Å². The molecule has 1 aromatic heterocycles. The number of benzene rings is 2. The van der Waals surface area contributed by atoms with E-state index in [2.05, 4.69) is 15.5 Å². The second-order valence-corrected chi connectivity index (χ2v) is 8.07. The minimum Gasteiger partial charge on any atom is -0.350 e. The molecule has 162 valence electrons. The summed E-state index contributed by atoms with van der Waals surface area (Å²) in [4.78, 5) is 22.6. The van der Waals surface area contributed by atoms with Gasteiger partial charge in [-0.1, -0.05) is 30.8 Å².